The Balaban J connectivity index is 1.35. The third kappa shape index (κ3) is 4.16. The van der Waals surface area contributed by atoms with Gasteiger partial charge in [-0.15, -0.1) is 0 Å². The van der Waals surface area contributed by atoms with Gasteiger partial charge < -0.3 is 5.32 Å². The van der Waals surface area contributed by atoms with E-state index >= 15 is 0 Å². The van der Waals surface area contributed by atoms with E-state index in [-0.39, 0.29) is 5.82 Å². The summed E-state index contributed by atoms with van der Waals surface area (Å²) >= 11 is 0. The Kier molecular flexibility index (Phi) is 5.25. The van der Waals surface area contributed by atoms with E-state index in [0.29, 0.717) is 6.54 Å². The zero-order chi connectivity index (χ0) is 21.9. The standard InChI is InChI=1S/C26H20FN5/c1-17-11-20(9-10-28-17)19-6-7-23-25(13-19)31-16-32-26(23)30-15-18-5-8-24(29-14-18)21-3-2-4-22(27)12-21/h2-14,16H,15H2,1H3,(H,30,31,32). The van der Waals surface area contributed by atoms with Gasteiger partial charge in [-0.2, -0.15) is 0 Å². The molecule has 0 saturated carbocycles. The molecule has 0 aliphatic rings. The van der Waals surface area contributed by atoms with Gasteiger partial charge in [0.05, 0.1) is 11.2 Å². The number of hydrogen-bond acceptors (Lipinski definition) is 5. The molecule has 0 saturated heterocycles. The van der Waals surface area contributed by atoms with Crippen LogP contribution in [0.3, 0.4) is 0 Å². The van der Waals surface area contributed by atoms with Crippen LogP contribution in [0.2, 0.25) is 0 Å². The van der Waals surface area contributed by atoms with E-state index < -0.39 is 0 Å². The number of aryl methyl sites for hydroxylation is 1. The number of rotatable bonds is 5. The Hall–Kier alpha value is -4.19. The van der Waals surface area contributed by atoms with Gasteiger partial charge in [-0.3, -0.25) is 9.97 Å². The zero-order valence-electron chi connectivity index (χ0n) is 17.5. The maximum atomic E-state index is 13.5. The van der Waals surface area contributed by atoms with Crippen LogP contribution in [-0.2, 0) is 6.54 Å². The molecule has 0 radical (unpaired) electrons. The average Bonchev–Trinajstić information content (AvgIpc) is 2.82. The molecule has 2 aromatic carbocycles. The van der Waals surface area contributed by atoms with Crippen LogP contribution in [0.15, 0.2) is 85.5 Å². The van der Waals surface area contributed by atoms with E-state index in [4.69, 9.17) is 0 Å². The Labute approximate surface area is 185 Å². The summed E-state index contributed by atoms with van der Waals surface area (Å²) < 4.78 is 13.5. The van der Waals surface area contributed by atoms with Crippen molar-refractivity contribution < 1.29 is 4.39 Å². The summed E-state index contributed by atoms with van der Waals surface area (Å²) in [5.41, 5.74) is 6.53. The van der Waals surface area contributed by atoms with Crippen molar-refractivity contribution in [2.24, 2.45) is 0 Å². The van der Waals surface area contributed by atoms with Crippen LogP contribution in [-0.4, -0.2) is 19.9 Å². The van der Waals surface area contributed by atoms with Gasteiger partial charge in [0.2, 0.25) is 0 Å². The molecule has 0 bridgehead atoms. The molecular weight excluding hydrogens is 401 g/mol. The van der Waals surface area contributed by atoms with Crippen molar-refractivity contribution in [1.29, 1.82) is 0 Å². The van der Waals surface area contributed by atoms with Crippen molar-refractivity contribution in [3.63, 3.8) is 0 Å². The van der Waals surface area contributed by atoms with Crippen LogP contribution < -0.4 is 5.32 Å². The lowest BCUT2D eigenvalue weighted by Crippen LogP contribution is -2.03. The molecule has 0 fully saturated rings. The summed E-state index contributed by atoms with van der Waals surface area (Å²) in [5.74, 6) is 0.495. The number of fused-ring (bicyclic) bond motifs is 1. The lowest BCUT2D eigenvalue weighted by Gasteiger charge is -2.10. The fraction of sp³-hybridized carbons (Fsp3) is 0.0769. The first-order valence-corrected chi connectivity index (χ1v) is 10.3. The molecule has 1 N–H and O–H groups in total. The molecular formula is C26H20FN5. The molecule has 0 aliphatic heterocycles. The molecule has 0 spiro atoms. The molecule has 0 atom stereocenters. The minimum atomic E-state index is -0.270. The highest BCUT2D eigenvalue weighted by Gasteiger charge is 2.07. The van der Waals surface area contributed by atoms with Crippen LogP contribution in [0.4, 0.5) is 10.2 Å². The summed E-state index contributed by atoms with van der Waals surface area (Å²) in [6.07, 6.45) is 5.17. The Morgan fingerprint density at radius 3 is 2.53 bits per heavy atom. The van der Waals surface area contributed by atoms with Gasteiger partial charge in [0, 0.05) is 35.6 Å². The van der Waals surface area contributed by atoms with E-state index in [0.717, 1.165) is 50.4 Å². The van der Waals surface area contributed by atoms with E-state index in [1.807, 2.05) is 43.5 Å². The second-order valence-corrected chi connectivity index (χ2v) is 7.56. The molecule has 5 nitrogen and oxygen atoms in total. The summed E-state index contributed by atoms with van der Waals surface area (Å²) in [5, 5.41) is 4.33. The van der Waals surface area contributed by atoms with Gasteiger partial charge in [-0.05, 0) is 66.1 Å². The fourth-order valence-electron chi connectivity index (χ4n) is 3.64. The zero-order valence-corrected chi connectivity index (χ0v) is 17.5. The fourth-order valence-corrected chi connectivity index (χ4v) is 3.64. The van der Waals surface area contributed by atoms with Crippen molar-refractivity contribution in [1.82, 2.24) is 19.9 Å². The maximum absolute atomic E-state index is 13.5. The summed E-state index contributed by atoms with van der Waals surface area (Å²) in [6, 6.07) is 20.5. The third-order valence-corrected chi connectivity index (χ3v) is 5.27. The Morgan fingerprint density at radius 1 is 0.812 bits per heavy atom. The first-order valence-electron chi connectivity index (χ1n) is 10.3. The van der Waals surface area contributed by atoms with Crippen LogP contribution in [0.1, 0.15) is 11.3 Å². The highest BCUT2D eigenvalue weighted by molar-refractivity contribution is 5.91. The van der Waals surface area contributed by atoms with Crippen molar-refractivity contribution in [3.05, 3.63) is 103 Å². The lowest BCUT2D eigenvalue weighted by atomic mass is 10.0. The molecule has 5 aromatic rings. The van der Waals surface area contributed by atoms with Crippen molar-refractivity contribution in [3.8, 4) is 22.4 Å². The van der Waals surface area contributed by atoms with Gasteiger partial charge in [-0.25, -0.2) is 14.4 Å². The summed E-state index contributed by atoms with van der Waals surface area (Å²) in [7, 11) is 0. The van der Waals surface area contributed by atoms with Crippen LogP contribution in [0.5, 0.6) is 0 Å². The minimum absolute atomic E-state index is 0.270. The SMILES string of the molecule is Cc1cc(-c2ccc3c(NCc4ccc(-c5cccc(F)c5)nc4)ncnc3c2)ccn1. The van der Waals surface area contributed by atoms with E-state index in [1.165, 1.54) is 12.1 Å². The summed E-state index contributed by atoms with van der Waals surface area (Å²) in [4.78, 5) is 17.6. The van der Waals surface area contributed by atoms with Crippen LogP contribution in [0, 0.1) is 12.7 Å². The molecule has 0 amide bonds. The monoisotopic (exact) mass is 421 g/mol. The second-order valence-electron chi connectivity index (χ2n) is 7.56. The highest BCUT2D eigenvalue weighted by Crippen LogP contribution is 2.27. The number of anilines is 1. The third-order valence-electron chi connectivity index (χ3n) is 5.27. The molecule has 6 heteroatoms. The largest absolute Gasteiger partial charge is 0.365 e. The van der Waals surface area contributed by atoms with Gasteiger partial charge in [0.15, 0.2) is 0 Å². The summed E-state index contributed by atoms with van der Waals surface area (Å²) in [6.45, 7) is 2.54. The molecule has 0 aliphatic carbocycles. The number of pyridine rings is 2. The van der Waals surface area contributed by atoms with Gasteiger partial charge >= 0.3 is 0 Å². The molecule has 3 heterocycles. The topological polar surface area (TPSA) is 63.6 Å². The number of benzene rings is 2. The number of nitrogens with one attached hydrogen (secondary N) is 1. The number of aromatic nitrogens is 4. The Morgan fingerprint density at radius 2 is 1.72 bits per heavy atom. The average molecular weight is 421 g/mol. The van der Waals surface area contributed by atoms with Crippen LogP contribution in [0.25, 0.3) is 33.3 Å². The minimum Gasteiger partial charge on any atom is -0.365 e. The predicted molar refractivity (Wildman–Crippen MR) is 124 cm³/mol. The van der Waals surface area contributed by atoms with Gasteiger partial charge in [0.1, 0.15) is 18.0 Å². The first kappa shape index (κ1) is 19.8. The Bertz CT molecular complexity index is 1400. The molecule has 3 aromatic heterocycles. The molecule has 0 unspecified atom stereocenters. The van der Waals surface area contributed by atoms with Crippen molar-refractivity contribution >= 4 is 16.7 Å². The smallest absolute Gasteiger partial charge is 0.137 e. The number of hydrogen-bond donors (Lipinski definition) is 1. The molecule has 5 rings (SSSR count). The van der Waals surface area contributed by atoms with E-state index in [9.17, 15) is 4.39 Å². The van der Waals surface area contributed by atoms with Crippen LogP contribution >= 0.6 is 0 Å². The number of halogens is 1. The van der Waals surface area contributed by atoms with E-state index in [1.54, 1.807) is 18.6 Å². The normalized spacial score (nSPS) is 10.9. The lowest BCUT2D eigenvalue weighted by molar-refractivity contribution is 0.628. The molecule has 156 valence electrons. The predicted octanol–water partition coefficient (Wildman–Crippen LogP) is 5.81. The van der Waals surface area contributed by atoms with Crippen molar-refractivity contribution in [2.75, 3.05) is 5.32 Å². The number of nitrogens with zero attached hydrogens (tertiary/aromatic N) is 4. The quantitative estimate of drug-likeness (QED) is 0.388. The van der Waals surface area contributed by atoms with Gasteiger partial charge in [-0.1, -0.05) is 24.3 Å². The van der Waals surface area contributed by atoms with Gasteiger partial charge in [0.25, 0.3) is 0 Å². The maximum Gasteiger partial charge on any atom is 0.137 e. The molecule has 32 heavy (non-hydrogen) atoms. The first-order chi connectivity index (χ1) is 15.7. The van der Waals surface area contributed by atoms with Crippen molar-refractivity contribution in [2.45, 2.75) is 13.5 Å². The highest BCUT2D eigenvalue weighted by atomic mass is 19.1. The second kappa shape index (κ2) is 8.51. The van der Waals surface area contributed by atoms with E-state index in [2.05, 4.69) is 43.5 Å².